The van der Waals surface area contributed by atoms with Crippen molar-refractivity contribution in [3.8, 4) is 0 Å². The molecule has 0 aromatic rings. The zero-order valence-corrected chi connectivity index (χ0v) is 11.4. The lowest BCUT2D eigenvalue weighted by molar-refractivity contribution is 0.460. The summed E-state index contributed by atoms with van der Waals surface area (Å²) in [6.45, 7) is 6.28. The molecule has 4 N–H and O–H groups in total. The number of hydrogen-bond acceptors (Lipinski definition) is 6. The summed E-state index contributed by atoms with van der Waals surface area (Å²) in [6, 6.07) is 0. The minimum absolute atomic E-state index is 1.07. The van der Waals surface area contributed by atoms with E-state index in [9.17, 15) is 16.8 Å². The van der Waals surface area contributed by atoms with Crippen molar-refractivity contribution in [3.63, 3.8) is 0 Å². The highest BCUT2D eigenvalue weighted by Gasteiger charge is 2.22. The molecule has 0 rings (SSSR count). The van der Waals surface area contributed by atoms with E-state index in [1.807, 2.05) is 14.1 Å². The molecule has 0 radical (unpaired) electrons. The molecule has 10 heteroatoms. The largest absolute Gasteiger partial charge is 0.397 e. The van der Waals surface area contributed by atoms with Crippen LogP contribution in [0.5, 0.6) is 0 Å². The van der Waals surface area contributed by atoms with Crippen LogP contribution >= 0.6 is 0 Å². The molecule has 0 spiro atoms. The van der Waals surface area contributed by atoms with Gasteiger partial charge in [-0.15, -0.1) is 0 Å². The van der Waals surface area contributed by atoms with Gasteiger partial charge in [0.25, 0.3) is 0 Å². The topological polar surface area (TPSA) is 133 Å². The highest BCUT2D eigenvalue weighted by molar-refractivity contribution is 8.62. The van der Waals surface area contributed by atoms with Crippen molar-refractivity contribution in [1.29, 1.82) is 0 Å². The Bertz CT molecular complexity index is 285. The summed E-state index contributed by atoms with van der Waals surface area (Å²) in [5.74, 6) is 0. The SMILES string of the molecule is CCNC.CCNC.O=S(=O)(O)S(=O)(=O)O. The second kappa shape index (κ2) is 11.2. The molecule has 0 saturated carbocycles. The molecule has 0 fully saturated rings. The van der Waals surface area contributed by atoms with Gasteiger partial charge in [0.15, 0.2) is 0 Å². The average Bonchev–Trinajstić information content (AvgIpc) is 2.15. The van der Waals surface area contributed by atoms with Gasteiger partial charge in [-0.05, 0) is 27.2 Å². The van der Waals surface area contributed by atoms with Gasteiger partial charge >= 0.3 is 18.3 Å². The van der Waals surface area contributed by atoms with E-state index >= 15 is 0 Å². The molecule has 0 aromatic carbocycles. The van der Waals surface area contributed by atoms with Gasteiger partial charge in [-0.1, -0.05) is 13.8 Å². The maximum Gasteiger partial charge on any atom is 0.397 e. The fraction of sp³-hybridized carbons (Fsp3) is 1.00. The third kappa shape index (κ3) is 19.3. The van der Waals surface area contributed by atoms with Gasteiger partial charge in [0.1, 0.15) is 0 Å². The van der Waals surface area contributed by atoms with Gasteiger partial charge in [0, 0.05) is 0 Å². The van der Waals surface area contributed by atoms with Gasteiger partial charge < -0.3 is 10.6 Å². The molecular formula is C6H20N2O6S2. The third-order valence-corrected chi connectivity index (χ3v) is 3.10. The first-order valence-corrected chi connectivity index (χ1v) is 7.72. The molecule has 0 bridgehead atoms. The molecule has 0 amide bonds. The van der Waals surface area contributed by atoms with Crippen LogP contribution in [-0.2, 0) is 18.3 Å². The Morgan fingerprint density at radius 1 is 0.812 bits per heavy atom. The molecule has 0 aliphatic rings. The molecule has 0 heterocycles. The maximum absolute atomic E-state index is 9.37. The van der Waals surface area contributed by atoms with Crippen LogP contribution in [0.25, 0.3) is 0 Å². The molecule has 0 aliphatic carbocycles. The summed E-state index contributed by atoms with van der Waals surface area (Å²) in [4.78, 5) is 0. The zero-order valence-electron chi connectivity index (χ0n) is 9.76. The summed E-state index contributed by atoms with van der Waals surface area (Å²) < 4.78 is 52.5. The lowest BCUT2D eigenvalue weighted by Gasteiger charge is -1.84. The van der Waals surface area contributed by atoms with Crippen LogP contribution in [0.1, 0.15) is 13.8 Å². The smallest absolute Gasteiger partial charge is 0.320 e. The lowest BCUT2D eigenvalue weighted by atomic mass is 10.8. The van der Waals surface area contributed by atoms with Gasteiger partial charge in [-0.3, -0.25) is 9.11 Å². The Morgan fingerprint density at radius 2 is 0.938 bits per heavy atom. The minimum Gasteiger partial charge on any atom is -0.320 e. The predicted molar refractivity (Wildman–Crippen MR) is 62.3 cm³/mol. The van der Waals surface area contributed by atoms with Gasteiger partial charge in [-0.2, -0.15) is 16.8 Å². The van der Waals surface area contributed by atoms with Crippen LogP contribution in [0.2, 0.25) is 0 Å². The van der Waals surface area contributed by atoms with Gasteiger partial charge in [0.05, 0.1) is 0 Å². The molecule has 0 aliphatic heterocycles. The van der Waals surface area contributed by atoms with Crippen LogP contribution in [0, 0.1) is 0 Å². The quantitative estimate of drug-likeness (QED) is 0.387. The molecule has 0 saturated heterocycles. The maximum atomic E-state index is 9.37. The van der Waals surface area contributed by atoms with Crippen LogP contribution < -0.4 is 10.6 Å². The van der Waals surface area contributed by atoms with E-state index in [1.54, 1.807) is 0 Å². The van der Waals surface area contributed by atoms with E-state index in [1.165, 1.54) is 0 Å². The summed E-state index contributed by atoms with van der Waals surface area (Å²) in [5, 5.41) is 5.86. The number of hydrogen-bond donors (Lipinski definition) is 4. The molecule has 0 atom stereocenters. The number of rotatable bonds is 3. The van der Waals surface area contributed by atoms with Crippen molar-refractivity contribution in [1.82, 2.24) is 10.6 Å². The Hall–Kier alpha value is -0.260. The van der Waals surface area contributed by atoms with Crippen molar-refractivity contribution < 1.29 is 25.9 Å². The minimum atomic E-state index is -5.31. The Labute approximate surface area is 96.3 Å². The predicted octanol–water partition coefficient (Wildman–Crippen LogP) is -0.872. The summed E-state index contributed by atoms with van der Waals surface area (Å²) in [6.07, 6.45) is 0. The van der Waals surface area contributed by atoms with Gasteiger partial charge in [0.2, 0.25) is 0 Å². The first kappa shape index (κ1) is 21.1. The van der Waals surface area contributed by atoms with Gasteiger partial charge in [-0.25, -0.2) is 0 Å². The number of nitrogens with one attached hydrogen (secondary N) is 2. The first-order valence-electron chi connectivity index (χ1n) is 4.32. The molecule has 102 valence electrons. The van der Waals surface area contributed by atoms with Crippen molar-refractivity contribution in [2.45, 2.75) is 13.8 Å². The standard InChI is InChI=1S/2C3H9N.H2O6S2/c2*1-3-4-2;1-7(2,3)8(4,5)6/h2*4H,3H2,1-2H3;(H,1,2,3)(H,4,5,6). The van der Waals surface area contributed by atoms with Crippen LogP contribution in [0.15, 0.2) is 0 Å². The van der Waals surface area contributed by atoms with Crippen LogP contribution in [0.4, 0.5) is 0 Å². The fourth-order valence-electron chi connectivity index (χ4n) is 0. The van der Waals surface area contributed by atoms with Crippen LogP contribution in [-0.4, -0.2) is 53.1 Å². The zero-order chi connectivity index (χ0) is 13.8. The Morgan fingerprint density at radius 3 is 0.938 bits per heavy atom. The first-order chi connectivity index (χ1) is 7.08. The Balaban J connectivity index is -0.000000179. The highest BCUT2D eigenvalue weighted by Crippen LogP contribution is 1.90. The molecule has 0 unspecified atom stereocenters. The van der Waals surface area contributed by atoms with E-state index in [4.69, 9.17) is 9.11 Å². The van der Waals surface area contributed by atoms with E-state index in [0.717, 1.165) is 13.1 Å². The molecule has 8 nitrogen and oxygen atoms in total. The van der Waals surface area contributed by atoms with E-state index in [2.05, 4.69) is 24.5 Å². The second-order valence-electron chi connectivity index (χ2n) is 2.27. The van der Waals surface area contributed by atoms with Crippen molar-refractivity contribution in [3.05, 3.63) is 0 Å². The normalized spacial score (nSPS) is 10.6. The van der Waals surface area contributed by atoms with Crippen molar-refractivity contribution >= 4 is 18.3 Å². The summed E-state index contributed by atoms with van der Waals surface area (Å²) in [5.41, 5.74) is 0. The molecule has 0 aromatic heterocycles. The van der Waals surface area contributed by atoms with Crippen LogP contribution in [0.3, 0.4) is 0 Å². The lowest BCUT2D eigenvalue weighted by Crippen LogP contribution is -2.11. The molecular weight excluding hydrogens is 260 g/mol. The highest BCUT2D eigenvalue weighted by atomic mass is 33.2. The van der Waals surface area contributed by atoms with E-state index in [0.29, 0.717) is 0 Å². The fourth-order valence-corrected chi connectivity index (χ4v) is 0. The summed E-state index contributed by atoms with van der Waals surface area (Å²) in [7, 11) is -6.76. The summed E-state index contributed by atoms with van der Waals surface area (Å²) >= 11 is 0. The van der Waals surface area contributed by atoms with E-state index in [-0.39, 0.29) is 0 Å². The second-order valence-corrected chi connectivity index (χ2v) is 6.51. The van der Waals surface area contributed by atoms with E-state index < -0.39 is 18.3 Å². The Kier molecular flexibility index (Phi) is 14.8. The van der Waals surface area contributed by atoms with Crippen molar-refractivity contribution in [2.24, 2.45) is 0 Å². The third-order valence-electron chi connectivity index (χ3n) is 0.973. The van der Waals surface area contributed by atoms with Crippen molar-refractivity contribution in [2.75, 3.05) is 27.2 Å². The average molecular weight is 280 g/mol. The monoisotopic (exact) mass is 280 g/mol. The molecule has 16 heavy (non-hydrogen) atoms.